The van der Waals surface area contributed by atoms with Gasteiger partial charge in [0.15, 0.2) is 5.82 Å². The number of hydrogen-bond donors (Lipinski definition) is 1. The molecule has 112 valence electrons. The Morgan fingerprint density at radius 1 is 1.38 bits per heavy atom. The second-order valence-corrected chi connectivity index (χ2v) is 4.33. The molecule has 0 atom stereocenters. The lowest BCUT2D eigenvalue weighted by Crippen LogP contribution is -2.12. The van der Waals surface area contributed by atoms with Crippen LogP contribution in [0.15, 0.2) is 10.7 Å². The Kier molecular flexibility index (Phi) is 4.81. The average Bonchev–Trinajstić information content (AvgIpc) is 2.85. The highest BCUT2D eigenvalue weighted by Crippen LogP contribution is 2.09. The average molecular weight is 291 g/mol. The van der Waals surface area contributed by atoms with Crippen LogP contribution in [-0.2, 0) is 11.2 Å². The molecular formula is C13H17N5O3. The number of aryl methyl sites for hydroxylation is 2. The SMILES string of the molecule is CCOC(=O)c1cnc(NCCc2nc(C)no2)nc1C. The molecule has 2 rings (SSSR count). The summed E-state index contributed by atoms with van der Waals surface area (Å²) in [5.41, 5.74) is 0.939. The van der Waals surface area contributed by atoms with Gasteiger partial charge in [-0.3, -0.25) is 0 Å². The zero-order valence-electron chi connectivity index (χ0n) is 12.2. The highest BCUT2D eigenvalue weighted by molar-refractivity contribution is 5.90. The van der Waals surface area contributed by atoms with Crippen molar-refractivity contribution in [3.63, 3.8) is 0 Å². The van der Waals surface area contributed by atoms with Crippen molar-refractivity contribution in [3.05, 3.63) is 29.2 Å². The number of carbonyl (C=O) groups is 1. The van der Waals surface area contributed by atoms with Crippen LogP contribution in [0.5, 0.6) is 0 Å². The van der Waals surface area contributed by atoms with Crippen LogP contribution in [0.3, 0.4) is 0 Å². The van der Waals surface area contributed by atoms with E-state index in [1.54, 1.807) is 20.8 Å². The van der Waals surface area contributed by atoms with Crippen molar-refractivity contribution < 1.29 is 14.1 Å². The number of carbonyl (C=O) groups excluding carboxylic acids is 1. The van der Waals surface area contributed by atoms with E-state index in [9.17, 15) is 4.79 Å². The molecule has 0 saturated carbocycles. The number of hydrogen-bond acceptors (Lipinski definition) is 8. The van der Waals surface area contributed by atoms with Crippen molar-refractivity contribution >= 4 is 11.9 Å². The molecule has 0 spiro atoms. The van der Waals surface area contributed by atoms with Crippen molar-refractivity contribution in [2.75, 3.05) is 18.5 Å². The predicted molar refractivity (Wildman–Crippen MR) is 74.0 cm³/mol. The van der Waals surface area contributed by atoms with Gasteiger partial charge in [0.25, 0.3) is 0 Å². The third-order valence-corrected chi connectivity index (χ3v) is 2.67. The Morgan fingerprint density at radius 2 is 2.19 bits per heavy atom. The molecule has 0 saturated heterocycles. The lowest BCUT2D eigenvalue weighted by Gasteiger charge is -2.07. The van der Waals surface area contributed by atoms with Crippen molar-refractivity contribution in [3.8, 4) is 0 Å². The normalized spacial score (nSPS) is 10.4. The van der Waals surface area contributed by atoms with Crippen LogP contribution in [-0.4, -0.2) is 39.2 Å². The topological polar surface area (TPSA) is 103 Å². The summed E-state index contributed by atoms with van der Waals surface area (Å²) in [7, 11) is 0. The van der Waals surface area contributed by atoms with E-state index in [1.165, 1.54) is 6.20 Å². The fourth-order valence-corrected chi connectivity index (χ4v) is 1.68. The number of rotatable bonds is 6. The number of ether oxygens (including phenoxy) is 1. The molecule has 8 nitrogen and oxygen atoms in total. The van der Waals surface area contributed by atoms with E-state index in [0.29, 0.717) is 48.5 Å². The summed E-state index contributed by atoms with van der Waals surface area (Å²) in [5.74, 6) is 1.19. The van der Waals surface area contributed by atoms with E-state index < -0.39 is 5.97 Å². The van der Waals surface area contributed by atoms with Crippen molar-refractivity contribution in [1.29, 1.82) is 0 Å². The Morgan fingerprint density at radius 3 is 2.81 bits per heavy atom. The lowest BCUT2D eigenvalue weighted by atomic mass is 10.2. The third kappa shape index (κ3) is 3.98. The van der Waals surface area contributed by atoms with Crippen LogP contribution in [0, 0.1) is 13.8 Å². The highest BCUT2D eigenvalue weighted by atomic mass is 16.5. The van der Waals surface area contributed by atoms with Crippen LogP contribution in [0.2, 0.25) is 0 Å². The van der Waals surface area contributed by atoms with Crippen molar-refractivity contribution in [1.82, 2.24) is 20.1 Å². The molecular weight excluding hydrogens is 274 g/mol. The van der Waals surface area contributed by atoms with Crippen molar-refractivity contribution in [2.45, 2.75) is 27.2 Å². The first kappa shape index (κ1) is 14.9. The molecule has 2 heterocycles. The van der Waals surface area contributed by atoms with Gasteiger partial charge in [-0.25, -0.2) is 14.8 Å². The molecule has 0 aromatic carbocycles. The molecule has 8 heteroatoms. The third-order valence-electron chi connectivity index (χ3n) is 2.67. The van der Waals surface area contributed by atoms with Gasteiger partial charge < -0.3 is 14.6 Å². The Hall–Kier alpha value is -2.51. The maximum absolute atomic E-state index is 11.6. The van der Waals surface area contributed by atoms with E-state index in [1.807, 2.05) is 0 Å². The fraction of sp³-hybridized carbons (Fsp3) is 0.462. The molecule has 1 N–H and O–H groups in total. The molecule has 2 aromatic heterocycles. The van der Waals surface area contributed by atoms with Crippen LogP contribution in [0.4, 0.5) is 5.95 Å². The molecule has 2 aromatic rings. The molecule has 0 aliphatic rings. The molecule has 0 amide bonds. The first-order valence-electron chi connectivity index (χ1n) is 6.64. The molecule has 0 radical (unpaired) electrons. The first-order valence-corrected chi connectivity index (χ1v) is 6.64. The first-order chi connectivity index (χ1) is 10.1. The summed E-state index contributed by atoms with van der Waals surface area (Å²) in [6.45, 7) is 6.13. The summed E-state index contributed by atoms with van der Waals surface area (Å²) in [5, 5.41) is 6.75. The van der Waals surface area contributed by atoms with Crippen LogP contribution in [0.25, 0.3) is 0 Å². The minimum Gasteiger partial charge on any atom is -0.462 e. The molecule has 0 bridgehead atoms. The summed E-state index contributed by atoms with van der Waals surface area (Å²) in [6, 6.07) is 0. The molecule has 0 aliphatic carbocycles. The minimum absolute atomic E-state index is 0.321. The molecule has 21 heavy (non-hydrogen) atoms. The number of aromatic nitrogens is 4. The fourth-order valence-electron chi connectivity index (χ4n) is 1.68. The zero-order valence-corrected chi connectivity index (χ0v) is 12.2. The highest BCUT2D eigenvalue weighted by Gasteiger charge is 2.12. The zero-order chi connectivity index (χ0) is 15.2. The predicted octanol–water partition coefficient (Wildman–Crippen LogP) is 1.31. The number of nitrogens with zero attached hydrogens (tertiary/aromatic N) is 4. The van der Waals surface area contributed by atoms with Gasteiger partial charge in [-0.05, 0) is 20.8 Å². The standard InChI is InChI=1S/C13H17N5O3/c1-4-20-12(19)10-7-15-13(16-8(10)2)14-6-5-11-17-9(3)18-21-11/h7H,4-6H2,1-3H3,(H,14,15,16). The summed E-state index contributed by atoms with van der Waals surface area (Å²) in [6.07, 6.45) is 2.03. The van der Waals surface area contributed by atoms with E-state index in [0.717, 1.165) is 0 Å². The maximum atomic E-state index is 11.6. The van der Waals surface area contributed by atoms with E-state index in [-0.39, 0.29) is 0 Å². The second-order valence-electron chi connectivity index (χ2n) is 4.33. The van der Waals surface area contributed by atoms with Crippen LogP contribution in [0.1, 0.15) is 34.7 Å². The van der Waals surface area contributed by atoms with Gasteiger partial charge >= 0.3 is 5.97 Å². The van der Waals surface area contributed by atoms with Gasteiger partial charge in [0.2, 0.25) is 11.8 Å². The monoisotopic (exact) mass is 291 g/mol. The van der Waals surface area contributed by atoms with Gasteiger partial charge in [-0.2, -0.15) is 4.98 Å². The summed E-state index contributed by atoms with van der Waals surface area (Å²) >= 11 is 0. The van der Waals surface area contributed by atoms with Crippen LogP contribution >= 0.6 is 0 Å². The largest absolute Gasteiger partial charge is 0.462 e. The maximum Gasteiger partial charge on any atom is 0.341 e. The van der Waals surface area contributed by atoms with Gasteiger partial charge in [0.1, 0.15) is 0 Å². The molecule has 0 fully saturated rings. The molecule has 0 aliphatic heterocycles. The Bertz CT molecular complexity index is 626. The van der Waals surface area contributed by atoms with E-state index in [4.69, 9.17) is 9.26 Å². The van der Waals surface area contributed by atoms with Gasteiger partial charge in [0.05, 0.1) is 17.9 Å². The smallest absolute Gasteiger partial charge is 0.341 e. The molecule has 0 unspecified atom stereocenters. The van der Waals surface area contributed by atoms with Crippen LogP contribution < -0.4 is 5.32 Å². The van der Waals surface area contributed by atoms with Crippen molar-refractivity contribution in [2.24, 2.45) is 0 Å². The Labute approximate surface area is 121 Å². The second kappa shape index (κ2) is 6.78. The Balaban J connectivity index is 1.92. The van der Waals surface area contributed by atoms with Gasteiger partial charge in [0, 0.05) is 19.2 Å². The van der Waals surface area contributed by atoms with Gasteiger partial charge in [-0.15, -0.1) is 0 Å². The van der Waals surface area contributed by atoms with E-state index >= 15 is 0 Å². The number of nitrogens with one attached hydrogen (secondary N) is 1. The number of esters is 1. The number of anilines is 1. The summed E-state index contributed by atoms with van der Waals surface area (Å²) in [4.78, 5) is 24.0. The lowest BCUT2D eigenvalue weighted by molar-refractivity contribution is 0.0524. The minimum atomic E-state index is -0.414. The van der Waals surface area contributed by atoms with Gasteiger partial charge in [-0.1, -0.05) is 5.16 Å². The van der Waals surface area contributed by atoms with E-state index in [2.05, 4.69) is 25.4 Å². The quantitative estimate of drug-likeness (QED) is 0.794. The summed E-state index contributed by atoms with van der Waals surface area (Å²) < 4.78 is 9.92.